The second kappa shape index (κ2) is 8.30. The lowest BCUT2D eigenvalue weighted by Crippen LogP contribution is -2.38. The molecule has 0 radical (unpaired) electrons. The van der Waals surface area contributed by atoms with Crippen LogP contribution in [0, 0.1) is 0 Å². The zero-order valence-electron chi connectivity index (χ0n) is 18.8. The van der Waals surface area contributed by atoms with E-state index in [-0.39, 0.29) is 5.56 Å². The Hall–Kier alpha value is -4.52. The lowest BCUT2D eigenvalue weighted by atomic mass is 9.84. The molecule has 1 N–H and O–H groups in total. The fraction of sp³-hybridized carbons (Fsp3) is 0.0690. The number of amides is 1. The molecule has 1 atom stereocenters. The third-order valence-electron chi connectivity index (χ3n) is 6.45. The van der Waals surface area contributed by atoms with Gasteiger partial charge in [-0.25, -0.2) is 0 Å². The summed E-state index contributed by atoms with van der Waals surface area (Å²) in [6, 6.07) is 27.8. The molecule has 0 saturated heterocycles. The fourth-order valence-corrected chi connectivity index (χ4v) is 5.01. The summed E-state index contributed by atoms with van der Waals surface area (Å²) >= 11 is 0. The van der Waals surface area contributed by atoms with Crippen molar-refractivity contribution in [1.29, 1.82) is 0 Å². The minimum Gasteiger partial charge on any atom is -0.405 e. The highest BCUT2D eigenvalue weighted by molar-refractivity contribution is 6.12. The number of nitrogens with zero attached hydrogens (tertiary/aromatic N) is 1. The van der Waals surface area contributed by atoms with E-state index in [2.05, 4.69) is 9.72 Å². The fourth-order valence-electron chi connectivity index (χ4n) is 5.01. The SMILES string of the molecule is O=C(c1ccccc1OC(F)(F)F)N1c2ccccc2-c2ccccc2C1c1c[nH]c2ccccc12. The van der Waals surface area contributed by atoms with Gasteiger partial charge in [-0.3, -0.25) is 9.69 Å². The number of benzene rings is 4. The molecular weight excluding hydrogens is 465 g/mol. The number of aromatic amines is 1. The van der Waals surface area contributed by atoms with Crippen molar-refractivity contribution in [3.8, 4) is 16.9 Å². The summed E-state index contributed by atoms with van der Waals surface area (Å²) in [6.45, 7) is 0. The van der Waals surface area contributed by atoms with Crippen molar-refractivity contribution < 1.29 is 22.7 Å². The molecule has 0 spiro atoms. The average molecular weight is 484 g/mol. The molecule has 4 aromatic carbocycles. The average Bonchev–Trinajstić information content (AvgIpc) is 3.31. The summed E-state index contributed by atoms with van der Waals surface area (Å²) in [7, 11) is 0. The number of rotatable bonds is 3. The summed E-state index contributed by atoms with van der Waals surface area (Å²) < 4.78 is 43.8. The van der Waals surface area contributed by atoms with Crippen LogP contribution in [0.1, 0.15) is 27.5 Å². The molecule has 1 aromatic heterocycles. The third-order valence-corrected chi connectivity index (χ3v) is 6.45. The first-order chi connectivity index (χ1) is 17.4. The van der Waals surface area contributed by atoms with Gasteiger partial charge in [0, 0.05) is 28.2 Å². The van der Waals surface area contributed by atoms with Crippen molar-refractivity contribution in [2.75, 3.05) is 4.90 Å². The van der Waals surface area contributed by atoms with Crippen LogP contribution in [-0.4, -0.2) is 17.3 Å². The van der Waals surface area contributed by atoms with Crippen LogP contribution in [0.25, 0.3) is 22.0 Å². The van der Waals surface area contributed by atoms with Gasteiger partial charge < -0.3 is 9.72 Å². The van der Waals surface area contributed by atoms with Gasteiger partial charge >= 0.3 is 6.36 Å². The number of H-pyrrole nitrogens is 1. The van der Waals surface area contributed by atoms with Crippen LogP contribution in [0.4, 0.5) is 18.9 Å². The molecule has 4 nitrogen and oxygen atoms in total. The Kier molecular flexibility index (Phi) is 5.07. The number of carbonyl (C=O) groups excluding carboxylic acids is 1. The van der Waals surface area contributed by atoms with Gasteiger partial charge in [0.05, 0.1) is 17.3 Å². The van der Waals surface area contributed by atoms with Crippen LogP contribution < -0.4 is 9.64 Å². The predicted molar refractivity (Wildman–Crippen MR) is 132 cm³/mol. The smallest absolute Gasteiger partial charge is 0.405 e. The van der Waals surface area contributed by atoms with E-state index in [1.165, 1.54) is 18.2 Å². The quantitative estimate of drug-likeness (QED) is 0.289. The summed E-state index contributed by atoms with van der Waals surface area (Å²) in [5, 5.41) is 0.925. The number of hydrogen-bond donors (Lipinski definition) is 1. The Balaban J connectivity index is 1.60. The second-order valence-corrected chi connectivity index (χ2v) is 8.52. The van der Waals surface area contributed by atoms with Crippen molar-refractivity contribution >= 4 is 22.5 Å². The molecule has 6 rings (SSSR count). The largest absolute Gasteiger partial charge is 0.573 e. The van der Waals surface area contributed by atoms with E-state index >= 15 is 0 Å². The van der Waals surface area contributed by atoms with Crippen LogP contribution in [0.3, 0.4) is 0 Å². The van der Waals surface area contributed by atoms with Crippen molar-refractivity contribution in [1.82, 2.24) is 4.98 Å². The normalized spacial score (nSPS) is 14.9. The third kappa shape index (κ3) is 3.60. The van der Waals surface area contributed by atoms with Crippen molar-refractivity contribution in [2.24, 2.45) is 0 Å². The zero-order chi connectivity index (χ0) is 24.9. The molecule has 0 aliphatic carbocycles. The van der Waals surface area contributed by atoms with E-state index in [0.717, 1.165) is 39.2 Å². The van der Waals surface area contributed by atoms with Gasteiger partial charge in [-0.1, -0.05) is 72.8 Å². The van der Waals surface area contributed by atoms with E-state index in [9.17, 15) is 18.0 Å². The molecule has 1 amide bonds. The summed E-state index contributed by atoms with van der Waals surface area (Å²) in [4.78, 5) is 19.0. The van der Waals surface area contributed by atoms with E-state index < -0.39 is 24.1 Å². The Morgan fingerprint density at radius 3 is 2.28 bits per heavy atom. The van der Waals surface area contributed by atoms with Gasteiger partial charge in [0.2, 0.25) is 0 Å². The van der Waals surface area contributed by atoms with Gasteiger partial charge in [0.1, 0.15) is 5.75 Å². The highest BCUT2D eigenvalue weighted by atomic mass is 19.4. The van der Waals surface area contributed by atoms with Gasteiger partial charge in [-0.05, 0) is 35.4 Å². The van der Waals surface area contributed by atoms with Crippen LogP contribution in [0.2, 0.25) is 0 Å². The lowest BCUT2D eigenvalue weighted by Gasteiger charge is -2.39. The molecule has 2 heterocycles. The minimum atomic E-state index is -4.93. The molecule has 178 valence electrons. The zero-order valence-corrected chi connectivity index (χ0v) is 18.8. The Labute approximate surface area is 204 Å². The number of nitrogens with one attached hydrogen (secondary N) is 1. The maximum absolute atomic E-state index is 14.2. The maximum atomic E-state index is 14.2. The summed E-state index contributed by atoms with van der Waals surface area (Å²) in [6.07, 6.45) is -3.07. The second-order valence-electron chi connectivity index (χ2n) is 8.52. The van der Waals surface area contributed by atoms with Crippen LogP contribution in [-0.2, 0) is 0 Å². The minimum absolute atomic E-state index is 0.172. The van der Waals surface area contributed by atoms with Crippen LogP contribution in [0.15, 0.2) is 103 Å². The molecule has 1 unspecified atom stereocenters. The number of hydrogen-bond acceptors (Lipinski definition) is 2. The highest BCUT2D eigenvalue weighted by Gasteiger charge is 2.39. The van der Waals surface area contributed by atoms with E-state index in [1.807, 2.05) is 79.0 Å². The van der Waals surface area contributed by atoms with Crippen molar-refractivity contribution in [3.05, 3.63) is 120 Å². The molecule has 1 aliphatic rings. The Bertz CT molecular complexity index is 1610. The summed E-state index contributed by atoms with van der Waals surface area (Å²) in [5.41, 5.74) is 4.85. The van der Waals surface area contributed by atoms with Crippen molar-refractivity contribution in [2.45, 2.75) is 12.4 Å². The lowest BCUT2D eigenvalue weighted by molar-refractivity contribution is -0.274. The first-order valence-electron chi connectivity index (χ1n) is 11.3. The van der Waals surface area contributed by atoms with Gasteiger partial charge in [0.15, 0.2) is 0 Å². The number of aromatic nitrogens is 1. The van der Waals surface area contributed by atoms with Gasteiger partial charge in [-0.15, -0.1) is 13.2 Å². The molecule has 7 heteroatoms. The number of fused-ring (bicyclic) bond motifs is 4. The molecule has 36 heavy (non-hydrogen) atoms. The Morgan fingerprint density at radius 1 is 0.778 bits per heavy atom. The number of anilines is 1. The topological polar surface area (TPSA) is 45.3 Å². The van der Waals surface area contributed by atoms with Gasteiger partial charge in [0.25, 0.3) is 5.91 Å². The number of carbonyl (C=O) groups is 1. The van der Waals surface area contributed by atoms with Gasteiger partial charge in [-0.2, -0.15) is 0 Å². The monoisotopic (exact) mass is 484 g/mol. The standard InChI is InChI=1S/C29H19F3N2O2/c30-29(31,32)36-26-16-8-5-13-22(26)28(35)34-25-15-7-4-11-20(25)18-9-1-2-12-21(18)27(34)23-17-33-24-14-6-3-10-19(23)24/h1-17,27,33H. The molecular formula is C29H19F3N2O2. The van der Waals surface area contributed by atoms with Crippen LogP contribution >= 0.6 is 0 Å². The number of halogens is 3. The molecule has 0 saturated carbocycles. The van der Waals surface area contributed by atoms with Crippen LogP contribution in [0.5, 0.6) is 5.75 Å². The molecule has 0 bridgehead atoms. The Morgan fingerprint density at radius 2 is 1.44 bits per heavy atom. The molecule has 5 aromatic rings. The molecule has 1 aliphatic heterocycles. The molecule has 0 fully saturated rings. The highest BCUT2D eigenvalue weighted by Crippen LogP contribution is 2.49. The first kappa shape index (κ1) is 22.0. The number of ether oxygens (including phenoxy) is 1. The number of para-hydroxylation sites is 3. The van der Waals surface area contributed by atoms with Crippen molar-refractivity contribution in [3.63, 3.8) is 0 Å². The van der Waals surface area contributed by atoms with E-state index in [0.29, 0.717) is 5.69 Å². The predicted octanol–water partition coefficient (Wildman–Crippen LogP) is 7.48. The maximum Gasteiger partial charge on any atom is 0.573 e. The summed E-state index contributed by atoms with van der Waals surface area (Å²) in [5.74, 6) is -1.13. The number of alkyl halides is 3. The first-order valence-corrected chi connectivity index (χ1v) is 11.3. The van der Waals surface area contributed by atoms with E-state index in [1.54, 1.807) is 4.90 Å². The van der Waals surface area contributed by atoms with E-state index in [4.69, 9.17) is 0 Å².